The quantitative estimate of drug-likeness (QED) is 0.286. The summed E-state index contributed by atoms with van der Waals surface area (Å²) >= 11 is 0. The number of furan rings is 1. The molecular weight excluding hydrogens is 264 g/mol. The van der Waals surface area contributed by atoms with E-state index in [0.29, 0.717) is 5.76 Å². The Hall–Kier alpha value is -2.19. The molecule has 0 aliphatic carbocycles. The fourth-order valence-electron chi connectivity index (χ4n) is 2.00. The molecule has 0 spiro atoms. The van der Waals surface area contributed by atoms with Crippen LogP contribution in [0.2, 0.25) is 0 Å². The number of hydrogen-bond donors (Lipinski definition) is 3. The highest BCUT2D eigenvalue weighted by Crippen LogP contribution is 2.23. The monoisotopic (exact) mass is 280 g/mol. The molecule has 8 heteroatoms. The Morgan fingerprint density at radius 2 is 2.25 bits per heavy atom. The van der Waals surface area contributed by atoms with Crippen LogP contribution in [0, 0.1) is 0 Å². The number of imide groups is 1. The average molecular weight is 280 g/mol. The summed E-state index contributed by atoms with van der Waals surface area (Å²) < 4.78 is 5.25. The molecule has 1 aromatic heterocycles. The van der Waals surface area contributed by atoms with Gasteiger partial charge >= 0.3 is 0 Å². The van der Waals surface area contributed by atoms with Crippen molar-refractivity contribution in [2.75, 3.05) is 6.54 Å². The summed E-state index contributed by atoms with van der Waals surface area (Å²) in [6, 6.07) is 1.48. The zero-order valence-electron chi connectivity index (χ0n) is 11.2. The van der Waals surface area contributed by atoms with Crippen molar-refractivity contribution in [2.45, 2.75) is 25.9 Å². The minimum absolute atomic E-state index is 0.0448. The third-order valence-electron chi connectivity index (χ3n) is 3.39. The Balaban J connectivity index is 2.24. The van der Waals surface area contributed by atoms with Crippen molar-refractivity contribution in [3.05, 3.63) is 23.7 Å². The van der Waals surface area contributed by atoms with Gasteiger partial charge in [0.25, 0.3) is 5.91 Å². The van der Waals surface area contributed by atoms with E-state index in [9.17, 15) is 14.4 Å². The molecule has 4 N–H and O–H groups in total. The fourth-order valence-corrected chi connectivity index (χ4v) is 2.00. The van der Waals surface area contributed by atoms with Gasteiger partial charge in [0.2, 0.25) is 11.8 Å². The van der Waals surface area contributed by atoms with Gasteiger partial charge in [0.05, 0.1) is 30.5 Å². The third kappa shape index (κ3) is 2.43. The zero-order valence-corrected chi connectivity index (χ0v) is 11.2. The van der Waals surface area contributed by atoms with Gasteiger partial charge in [-0.05, 0) is 19.9 Å². The first-order valence-corrected chi connectivity index (χ1v) is 6.03. The summed E-state index contributed by atoms with van der Waals surface area (Å²) in [5, 5.41) is 2.28. The number of piperazine rings is 1. The highest BCUT2D eigenvalue weighted by atomic mass is 16.3. The maximum atomic E-state index is 11.8. The number of hydrazine groups is 1. The number of nitrogens with zero attached hydrogens (tertiary/aromatic N) is 1. The number of nitrogens with two attached hydrogens (primary N) is 1. The second-order valence-corrected chi connectivity index (χ2v) is 5.02. The summed E-state index contributed by atoms with van der Waals surface area (Å²) in [6.45, 7) is 3.59. The fraction of sp³-hybridized carbons (Fsp3) is 0.417. The summed E-state index contributed by atoms with van der Waals surface area (Å²) in [4.78, 5) is 36.5. The Labute approximate surface area is 115 Å². The maximum Gasteiger partial charge on any atom is 0.268 e. The predicted octanol–water partition coefficient (Wildman–Crippen LogP) is -0.880. The first-order chi connectivity index (χ1) is 9.36. The first kappa shape index (κ1) is 14.2. The molecule has 0 saturated carbocycles. The lowest BCUT2D eigenvalue weighted by Gasteiger charge is -2.39. The van der Waals surface area contributed by atoms with E-state index < -0.39 is 11.4 Å². The summed E-state index contributed by atoms with van der Waals surface area (Å²) in [5.41, 5.74) is 1.42. The molecule has 108 valence electrons. The summed E-state index contributed by atoms with van der Waals surface area (Å²) in [6.07, 6.45) is 1.36. The standard InChI is InChI=1S/C12H16N4O4/c1-12(2)11(19)14-9(17)6-16(12)5-8-7(3-4-20-8)10(18)15-13/h3-4H,5-6,13H2,1-2H3,(H,15,18)(H,14,17,19). The Kier molecular flexibility index (Phi) is 3.60. The number of amides is 3. The van der Waals surface area contributed by atoms with E-state index in [4.69, 9.17) is 10.3 Å². The molecule has 8 nitrogen and oxygen atoms in total. The number of rotatable bonds is 3. The van der Waals surface area contributed by atoms with Crippen molar-refractivity contribution in [3.8, 4) is 0 Å². The van der Waals surface area contributed by atoms with Gasteiger partial charge in [-0.3, -0.25) is 30.0 Å². The topological polar surface area (TPSA) is 118 Å². The zero-order chi connectivity index (χ0) is 14.9. The highest BCUT2D eigenvalue weighted by Gasteiger charge is 2.41. The second-order valence-electron chi connectivity index (χ2n) is 5.02. The molecule has 0 atom stereocenters. The van der Waals surface area contributed by atoms with E-state index in [1.54, 1.807) is 18.7 Å². The molecule has 20 heavy (non-hydrogen) atoms. The number of nitrogen functional groups attached to an aromatic ring is 1. The largest absolute Gasteiger partial charge is 0.467 e. The molecule has 3 amide bonds. The Bertz CT molecular complexity index is 564. The number of nitrogens with one attached hydrogen (secondary N) is 2. The van der Waals surface area contributed by atoms with Gasteiger partial charge in [0, 0.05) is 0 Å². The number of hydrogen-bond acceptors (Lipinski definition) is 6. The van der Waals surface area contributed by atoms with Gasteiger partial charge in [-0.2, -0.15) is 0 Å². The van der Waals surface area contributed by atoms with Crippen molar-refractivity contribution in [2.24, 2.45) is 5.84 Å². The normalized spacial score (nSPS) is 18.8. The van der Waals surface area contributed by atoms with Crippen molar-refractivity contribution >= 4 is 17.7 Å². The highest BCUT2D eigenvalue weighted by molar-refractivity contribution is 6.03. The molecule has 1 fully saturated rings. The third-order valence-corrected chi connectivity index (χ3v) is 3.39. The van der Waals surface area contributed by atoms with E-state index >= 15 is 0 Å². The Morgan fingerprint density at radius 1 is 1.55 bits per heavy atom. The summed E-state index contributed by atoms with van der Waals surface area (Å²) in [5.74, 6) is 4.19. The molecule has 0 unspecified atom stereocenters. The van der Waals surface area contributed by atoms with E-state index in [1.807, 2.05) is 5.43 Å². The van der Waals surface area contributed by atoms with Crippen LogP contribution in [0.4, 0.5) is 0 Å². The molecule has 1 aliphatic heterocycles. The SMILES string of the molecule is CC1(C)C(=O)NC(=O)CN1Cc1occc1C(=O)NN. The van der Waals surface area contributed by atoms with Gasteiger partial charge in [-0.15, -0.1) is 0 Å². The second kappa shape index (κ2) is 5.06. The van der Waals surface area contributed by atoms with E-state index in [0.717, 1.165) is 0 Å². The van der Waals surface area contributed by atoms with Crippen LogP contribution in [0.15, 0.2) is 16.7 Å². The average Bonchev–Trinajstić information content (AvgIpc) is 2.83. The van der Waals surface area contributed by atoms with Crippen molar-refractivity contribution in [1.29, 1.82) is 0 Å². The van der Waals surface area contributed by atoms with E-state index in [2.05, 4.69) is 5.32 Å². The molecule has 2 heterocycles. The van der Waals surface area contributed by atoms with E-state index in [1.165, 1.54) is 12.3 Å². The molecule has 1 aromatic rings. The lowest BCUT2D eigenvalue weighted by molar-refractivity contribution is -0.145. The number of carbonyl (C=O) groups excluding carboxylic acids is 3. The van der Waals surface area contributed by atoms with Crippen molar-refractivity contribution < 1.29 is 18.8 Å². The molecule has 2 rings (SSSR count). The predicted molar refractivity (Wildman–Crippen MR) is 68.0 cm³/mol. The van der Waals surface area contributed by atoms with Gasteiger partial charge in [-0.25, -0.2) is 5.84 Å². The molecule has 0 radical (unpaired) electrons. The molecule has 0 bridgehead atoms. The van der Waals surface area contributed by atoms with E-state index in [-0.39, 0.29) is 30.5 Å². The molecule has 1 aliphatic rings. The van der Waals surface area contributed by atoms with Crippen LogP contribution >= 0.6 is 0 Å². The lowest BCUT2D eigenvalue weighted by Crippen LogP contribution is -2.63. The van der Waals surface area contributed by atoms with Crippen LogP contribution in [0.3, 0.4) is 0 Å². The van der Waals surface area contributed by atoms with Crippen LogP contribution in [0.5, 0.6) is 0 Å². The van der Waals surface area contributed by atoms with Crippen LogP contribution in [0.1, 0.15) is 30.0 Å². The van der Waals surface area contributed by atoms with Gasteiger partial charge in [0.15, 0.2) is 0 Å². The molecular formula is C12H16N4O4. The van der Waals surface area contributed by atoms with Gasteiger partial charge in [-0.1, -0.05) is 0 Å². The maximum absolute atomic E-state index is 11.8. The van der Waals surface area contributed by atoms with Gasteiger partial charge in [0.1, 0.15) is 5.76 Å². The number of carbonyl (C=O) groups is 3. The van der Waals surface area contributed by atoms with Crippen LogP contribution in [0.25, 0.3) is 0 Å². The minimum Gasteiger partial charge on any atom is -0.467 e. The first-order valence-electron chi connectivity index (χ1n) is 6.03. The van der Waals surface area contributed by atoms with Crippen molar-refractivity contribution in [3.63, 3.8) is 0 Å². The lowest BCUT2D eigenvalue weighted by atomic mass is 9.98. The van der Waals surface area contributed by atoms with Gasteiger partial charge < -0.3 is 4.42 Å². The Morgan fingerprint density at radius 3 is 2.90 bits per heavy atom. The minimum atomic E-state index is -0.878. The molecule has 1 saturated heterocycles. The van der Waals surface area contributed by atoms with Crippen LogP contribution in [-0.4, -0.2) is 34.7 Å². The van der Waals surface area contributed by atoms with Crippen molar-refractivity contribution in [1.82, 2.24) is 15.6 Å². The van der Waals surface area contributed by atoms with Crippen LogP contribution in [-0.2, 0) is 16.1 Å². The van der Waals surface area contributed by atoms with Crippen LogP contribution < -0.4 is 16.6 Å². The summed E-state index contributed by atoms with van der Waals surface area (Å²) in [7, 11) is 0. The molecule has 0 aromatic carbocycles. The smallest absolute Gasteiger partial charge is 0.268 e.